The molecular weight excluding hydrogens is 512 g/mol. The molecule has 0 saturated carbocycles. The Bertz CT molecular complexity index is 1500. The van der Waals surface area contributed by atoms with Gasteiger partial charge in [-0.05, 0) is 45.5 Å². The van der Waals surface area contributed by atoms with Crippen LogP contribution in [-0.4, -0.2) is 7.11 Å². The number of hydrogen-bond donors (Lipinski definition) is 2. The van der Waals surface area contributed by atoms with Gasteiger partial charge in [0, 0.05) is 0 Å². The molecule has 0 spiro atoms. The molecule has 0 radical (unpaired) electrons. The molecule has 0 fully saturated rings. The molecule has 0 aliphatic carbocycles. The normalized spacial score (nSPS) is 11.2. The van der Waals surface area contributed by atoms with Crippen molar-refractivity contribution in [3.05, 3.63) is 209 Å². The van der Waals surface area contributed by atoms with Crippen molar-refractivity contribution in [2.24, 2.45) is 11.5 Å². The summed E-state index contributed by atoms with van der Waals surface area (Å²) in [5, 5.41) is 0. The van der Waals surface area contributed by atoms with Gasteiger partial charge in [-0.3, -0.25) is 0 Å². The van der Waals surface area contributed by atoms with Crippen LogP contribution in [0.2, 0.25) is 0 Å². The summed E-state index contributed by atoms with van der Waals surface area (Å²) in [7, 11) is 1.67. The first-order valence-corrected chi connectivity index (χ1v) is 14.1. The van der Waals surface area contributed by atoms with Crippen LogP contribution in [-0.2, 0) is 11.1 Å². The zero-order chi connectivity index (χ0) is 29.3. The van der Waals surface area contributed by atoms with Crippen molar-refractivity contribution in [3.8, 4) is 5.75 Å². The van der Waals surface area contributed by atoms with E-state index in [4.69, 9.17) is 16.2 Å². The Morgan fingerprint density at radius 3 is 0.762 bits per heavy atom. The number of methoxy groups -OCH3 is 1. The summed E-state index contributed by atoms with van der Waals surface area (Å²) in [5.74, 6) is 0.826. The maximum Gasteiger partial charge on any atom is 0.118 e. The Hall–Kier alpha value is -4.96. The highest BCUT2D eigenvalue weighted by atomic mass is 16.5. The van der Waals surface area contributed by atoms with Crippen molar-refractivity contribution in [1.82, 2.24) is 0 Å². The highest BCUT2D eigenvalue weighted by Crippen LogP contribution is 2.35. The number of hydrogen-bond acceptors (Lipinski definition) is 3. The molecule has 6 aromatic carbocycles. The molecule has 0 unspecified atom stereocenters. The van der Waals surface area contributed by atoms with Gasteiger partial charge >= 0.3 is 0 Å². The number of benzene rings is 6. The van der Waals surface area contributed by atoms with Crippen molar-refractivity contribution in [1.29, 1.82) is 0 Å². The van der Waals surface area contributed by atoms with Gasteiger partial charge in [0.1, 0.15) is 5.75 Å². The fourth-order valence-electron chi connectivity index (χ4n) is 5.36. The number of rotatable bonds is 7. The Morgan fingerprint density at radius 1 is 0.333 bits per heavy atom. The zero-order valence-corrected chi connectivity index (χ0v) is 23.8. The van der Waals surface area contributed by atoms with Crippen molar-refractivity contribution in [3.63, 3.8) is 0 Å². The lowest BCUT2D eigenvalue weighted by atomic mass is 9.78. The van der Waals surface area contributed by atoms with E-state index in [1.807, 2.05) is 115 Å². The molecule has 0 aliphatic heterocycles. The first-order valence-electron chi connectivity index (χ1n) is 14.1. The van der Waals surface area contributed by atoms with Crippen LogP contribution < -0.4 is 16.2 Å². The van der Waals surface area contributed by atoms with Crippen LogP contribution in [0, 0.1) is 0 Å². The van der Waals surface area contributed by atoms with Gasteiger partial charge in [0.15, 0.2) is 0 Å². The van der Waals surface area contributed by atoms with Gasteiger partial charge < -0.3 is 16.2 Å². The van der Waals surface area contributed by atoms with Gasteiger partial charge in [-0.25, -0.2) is 0 Å². The second-order valence-electron chi connectivity index (χ2n) is 10.2. The molecule has 42 heavy (non-hydrogen) atoms. The first kappa shape index (κ1) is 28.6. The van der Waals surface area contributed by atoms with Crippen LogP contribution in [0.4, 0.5) is 0 Å². The molecule has 6 rings (SSSR count). The minimum Gasteiger partial charge on any atom is -0.497 e. The lowest BCUT2D eigenvalue weighted by Gasteiger charge is -2.31. The van der Waals surface area contributed by atoms with Gasteiger partial charge in [-0.15, -0.1) is 0 Å². The van der Waals surface area contributed by atoms with Crippen LogP contribution in [0.3, 0.4) is 0 Å². The molecule has 0 aliphatic rings. The third-order valence-corrected chi connectivity index (χ3v) is 7.69. The summed E-state index contributed by atoms with van der Waals surface area (Å²) in [6.07, 6.45) is 0. The maximum absolute atomic E-state index is 6.91. The average molecular weight is 549 g/mol. The van der Waals surface area contributed by atoms with E-state index in [1.54, 1.807) is 7.11 Å². The van der Waals surface area contributed by atoms with E-state index in [0.29, 0.717) is 0 Å². The van der Waals surface area contributed by atoms with Crippen LogP contribution in [0.25, 0.3) is 0 Å². The predicted molar refractivity (Wildman–Crippen MR) is 173 cm³/mol. The number of nitrogens with two attached hydrogens (primary N) is 2. The lowest BCUT2D eigenvalue weighted by Crippen LogP contribution is -2.39. The van der Waals surface area contributed by atoms with E-state index < -0.39 is 11.1 Å². The minimum atomic E-state index is -0.686. The molecule has 4 N–H and O–H groups in total. The third kappa shape index (κ3) is 5.89. The van der Waals surface area contributed by atoms with Gasteiger partial charge in [-0.2, -0.15) is 0 Å². The Labute approximate surface area is 249 Å². The predicted octanol–water partition coefficient (Wildman–Crippen LogP) is 7.88. The summed E-state index contributed by atoms with van der Waals surface area (Å²) in [6.45, 7) is 0. The lowest BCUT2D eigenvalue weighted by molar-refractivity contribution is 0.414. The molecule has 208 valence electrons. The second kappa shape index (κ2) is 13.1. The van der Waals surface area contributed by atoms with E-state index in [-0.39, 0.29) is 0 Å². The SMILES string of the molecule is COc1ccc(C(N)(c2ccccc2)c2ccccc2)cc1.NC(c1ccccc1)(c1ccccc1)c1ccccc1. The highest BCUT2D eigenvalue weighted by Gasteiger charge is 2.32. The van der Waals surface area contributed by atoms with Crippen molar-refractivity contribution in [2.75, 3.05) is 7.11 Å². The monoisotopic (exact) mass is 548 g/mol. The van der Waals surface area contributed by atoms with E-state index in [0.717, 1.165) is 39.1 Å². The Balaban J connectivity index is 0.000000169. The molecule has 0 amide bonds. The molecule has 0 saturated heterocycles. The van der Waals surface area contributed by atoms with E-state index in [2.05, 4.69) is 60.7 Å². The van der Waals surface area contributed by atoms with E-state index in [9.17, 15) is 0 Å². The average Bonchev–Trinajstić information content (AvgIpc) is 3.10. The Kier molecular flexibility index (Phi) is 8.93. The second-order valence-corrected chi connectivity index (χ2v) is 10.2. The molecule has 3 heteroatoms. The maximum atomic E-state index is 6.91. The largest absolute Gasteiger partial charge is 0.497 e. The summed E-state index contributed by atoms with van der Waals surface area (Å²) < 4.78 is 5.25. The van der Waals surface area contributed by atoms with Crippen molar-refractivity contribution >= 4 is 0 Å². The molecule has 0 bridgehead atoms. The van der Waals surface area contributed by atoms with Gasteiger partial charge in [0.05, 0.1) is 18.2 Å². The summed E-state index contributed by atoms with van der Waals surface area (Å²) in [4.78, 5) is 0. The fraction of sp³-hybridized carbons (Fsp3) is 0.0769. The molecule has 6 aromatic rings. The molecule has 0 heterocycles. The van der Waals surface area contributed by atoms with Crippen molar-refractivity contribution < 1.29 is 4.74 Å². The zero-order valence-electron chi connectivity index (χ0n) is 23.8. The quantitative estimate of drug-likeness (QED) is 0.200. The van der Waals surface area contributed by atoms with Crippen LogP contribution in [0.15, 0.2) is 176 Å². The summed E-state index contributed by atoms with van der Waals surface area (Å²) >= 11 is 0. The Morgan fingerprint density at radius 2 is 0.548 bits per heavy atom. The smallest absolute Gasteiger partial charge is 0.118 e. The van der Waals surface area contributed by atoms with Gasteiger partial charge in [0.25, 0.3) is 0 Å². The molecule has 3 nitrogen and oxygen atoms in total. The van der Waals surface area contributed by atoms with Crippen LogP contribution in [0.1, 0.15) is 33.4 Å². The number of ether oxygens (including phenoxy) is 1. The highest BCUT2D eigenvalue weighted by molar-refractivity contribution is 5.50. The van der Waals surface area contributed by atoms with Gasteiger partial charge in [0.2, 0.25) is 0 Å². The van der Waals surface area contributed by atoms with Crippen LogP contribution >= 0.6 is 0 Å². The minimum absolute atomic E-state index is 0.621. The van der Waals surface area contributed by atoms with Crippen molar-refractivity contribution in [2.45, 2.75) is 11.1 Å². The summed E-state index contributed by atoms with van der Waals surface area (Å²) in [6, 6.07) is 59.0. The standard InChI is InChI=1S/C20H19NO.C19H17N/c1-22-19-14-12-18(13-15-19)20(21,16-8-4-2-5-9-16)17-10-6-3-7-11-17;20-19(16-10-4-1-5-11-16,17-12-6-2-7-13-17)18-14-8-3-9-15-18/h2-15H,21H2,1H3;1-15H,20H2. The third-order valence-electron chi connectivity index (χ3n) is 7.69. The molecule has 0 aromatic heterocycles. The fourth-order valence-corrected chi connectivity index (χ4v) is 5.36. The van der Waals surface area contributed by atoms with E-state index >= 15 is 0 Å². The van der Waals surface area contributed by atoms with Crippen LogP contribution in [0.5, 0.6) is 5.75 Å². The first-order chi connectivity index (χ1) is 20.6. The topological polar surface area (TPSA) is 61.3 Å². The van der Waals surface area contributed by atoms with Gasteiger partial charge in [-0.1, -0.05) is 164 Å². The summed E-state index contributed by atoms with van der Waals surface area (Å²) in [5.41, 5.74) is 18.9. The van der Waals surface area contributed by atoms with E-state index in [1.165, 1.54) is 0 Å². The molecular formula is C39H36N2O. The molecule has 0 atom stereocenters.